The summed E-state index contributed by atoms with van der Waals surface area (Å²) < 4.78 is 1.12. The zero-order valence-electron chi connectivity index (χ0n) is 17.3. The topological polar surface area (TPSA) is 73.4 Å². The number of likely N-dealkylation sites (N-methyl/N-ethyl adjacent to an activating group) is 1. The quantitative estimate of drug-likeness (QED) is 0.606. The van der Waals surface area contributed by atoms with Crippen molar-refractivity contribution in [2.45, 2.75) is 25.4 Å². The van der Waals surface area contributed by atoms with Crippen molar-refractivity contribution in [3.63, 3.8) is 0 Å². The van der Waals surface area contributed by atoms with E-state index < -0.39 is 0 Å². The summed E-state index contributed by atoms with van der Waals surface area (Å²) in [6, 6.07) is 2.62. The Kier molecular flexibility index (Phi) is 5.55. The lowest BCUT2D eigenvalue weighted by molar-refractivity contribution is -0.116. The van der Waals surface area contributed by atoms with Crippen LogP contribution in [0.15, 0.2) is 18.5 Å². The third kappa shape index (κ3) is 3.88. The molecule has 0 aromatic carbocycles. The van der Waals surface area contributed by atoms with Gasteiger partial charge in [-0.2, -0.15) is 0 Å². The predicted octanol–water partition coefficient (Wildman–Crippen LogP) is 3.13. The standard InChI is InChI=1S/C21H26N6OS2.2H2/c1-26(2)13-11-27(12-13)8-5-18(28)25-21-19(14-3-6-23-10-17(14)30-21)20-24-15-9-22-7-4-16(15)29-20;;/h4,7,9,13,23H,3,5-6,8,10-12H2,1-2H3,(H,25,28);2*1H. The minimum atomic E-state index is 0. The van der Waals surface area contributed by atoms with Crippen molar-refractivity contribution in [3.05, 3.63) is 28.9 Å². The highest BCUT2D eigenvalue weighted by molar-refractivity contribution is 7.22. The summed E-state index contributed by atoms with van der Waals surface area (Å²) in [6.07, 6.45) is 5.09. The van der Waals surface area contributed by atoms with Gasteiger partial charge in [-0.15, -0.1) is 22.7 Å². The molecule has 0 radical (unpaired) electrons. The van der Waals surface area contributed by atoms with Crippen LogP contribution in [0.4, 0.5) is 5.00 Å². The number of nitrogens with one attached hydrogen (secondary N) is 2. The largest absolute Gasteiger partial charge is 0.317 e. The lowest BCUT2D eigenvalue weighted by Crippen LogP contribution is -2.57. The molecule has 0 aliphatic carbocycles. The molecule has 162 valence electrons. The van der Waals surface area contributed by atoms with Crippen LogP contribution in [-0.2, 0) is 17.8 Å². The number of likely N-dealkylation sites (tertiary alicyclic amines) is 1. The molecule has 5 rings (SSSR count). The summed E-state index contributed by atoms with van der Waals surface area (Å²) in [7, 11) is 4.23. The molecule has 7 nitrogen and oxygen atoms in total. The number of amides is 1. The Morgan fingerprint density at radius 3 is 3.07 bits per heavy atom. The second kappa shape index (κ2) is 8.32. The van der Waals surface area contributed by atoms with Crippen LogP contribution in [0.3, 0.4) is 0 Å². The Morgan fingerprint density at radius 1 is 1.40 bits per heavy atom. The zero-order chi connectivity index (χ0) is 20.7. The summed E-state index contributed by atoms with van der Waals surface area (Å²) in [5.41, 5.74) is 3.36. The van der Waals surface area contributed by atoms with E-state index in [-0.39, 0.29) is 8.76 Å². The first-order chi connectivity index (χ1) is 14.6. The molecule has 2 aliphatic heterocycles. The smallest absolute Gasteiger partial charge is 0.226 e. The molecule has 5 heterocycles. The highest BCUT2D eigenvalue weighted by Crippen LogP contribution is 2.44. The van der Waals surface area contributed by atoms with Gasteiger partial charge in [-0.3, -0.25) is 14.7 Å². The van der Waals surface area contributed by atoms with Crippen LogP contribution in [-0.4, -0.2) is 72.0 Å². The van der Waals surface area contributed by atoms with Gasteiger partial charge >= 0.3 is 0 Å². The number of fused-ring (bicyclic) bond motifs is 2. The van der Waals surface area contributed by atoms with Crippen molar-refractivity contribution in [1.29, 1.82) is 0 Å². The number of hydrogen-bond acceptors (Lipinski definition) is 8. The highest BCUT2D eigenvalue weighted by Gasteiger charge is 2.29. The molecule has 0 bridgehead atoms. The molecule has 1 saturated heterocycles. The van der Waals surface area contributed by atoms with E-state index in [4.69, 9.17) is 4.98 Å². The van der Waals surface area contributed by atoms with Crippen LogP contribution in [0.5, 0.6) is 0 Å². The second-order valence-electron chi connectivity index (χ2n) is 8.17. The number of thiazole rings is 1. The molecule has 0 spiro atoms. The second-order valence-corrected chi connectivity index (χ2v) is 10.3. The Hall–Kier alpha value is -1.91. The number of aromatic nitrogens is 2. The molecule has 9 heteroatoms. The first kappa shape index (κ1) is 20.0. The molecule has 3 aromatic rings. The third-order valence-electron chi connectivity index (χ3n) is 5.91. The normalized spacial score (nSPS) is 17.3. The molecule has 30 heavy (non-hydrogen) atoms. The highest BCUT2D eigenvalue weighted by atomic mass is 32.1. The van der Waals surface area contributed by atoms with E-state index in [1.807, 2.05) is 12.3 Å². The van der Waals surface area contributed by atoms with Crippen molar-refractivity contribution in [1.82, 2.24) is 25.1 Å². The molecular weight excluding hydrogens is 416 g/mol. The average Bonchev–Trinajstić information content (AvgIpc) is 3.26. The van der Waals surface area contributed by atoms with E-state index >= 15 is 0 Å². The number of pyridine rings is 1. The molecule has 3 aromatic heterocycles. The Labute approximate surface area is 187 Å². The fourth-order valence-corrected chi connectivity index (χ4v) is 6.35. The van der Waals surface area contributed by atoms with Crippen molar-refractivity contribution in [2.24, 2.45) is 0 Å². The van der Waals surface area contributed by atoms with Gasteiger partial charge in [0.25, 0.3) is 0 Å². The van der Waals surface area contributed by atoms with Crippen LogP contribution < -0.4 is 10.6 Å². The van der Waals surface area contributed by atoms with Crippen LogP contribution >= 0.6 is 22.7 Å². The van der Waals surface area contributed by atoms with E-state index in [1.54, 1.807) is 28.9 Å². The van der Waals surface area contributed by atoms with Gasteiger partial charge in [0.2, 0.25) is 5.91 Å². The molecular formula is C21H30N6OS2. The van der Waals surface area contributed by atoms with E-state index in [0.29, 0.717) is 12.5 Å². The van der Waals surface area contributed by atoms with Crippen LogP contribution in [0.25, 0.3) is 20.8 Å². The van der Waals surface area contributed by atoms with Crippen LogP contribution in [0.2, 0.25) is 0 Å². The van der Waals surface area contributed by atoms with Gasteiger partial charge in [-0.25, -0.2) is 4.98 Å². The van der Waals surface area contributed by atoms with Crippen LogP contribution in [0.1, 0.15) is 19.7 Å². The van der Waals surface area contributed by atoms with Crippen molar-refractivity contribution >= 4 is 43.8 Å². The van der Waals surface area contributed by atoms with Gasteiger partial charge in [-0.05, 0) is 38.7 Å². The van der Waals surface area contributed by atoms with Gasteiger partial charge in [0.15, 0.2) is 0 Å². The molecule has 0 unspecified atom stereocenters. The predicted molar refractivity (Wildman–Crippen MR) is 128 cm³/mol. The van der Waals surface area contributed by atoms with Gasteiger partial charge in [0.1, 0.15) is 15.5 Å². The van der Waals surface area contributed by atoms with Gasteiger partial charge in [0, 0.05) is 58.1 Å². The molecule has 1 fully saturated rings. The van der Waals surface area contributed by atoms with Crippen molar-refractivity contribution in [3.8, 4) is 10.6 Å². The van der Waals surface area contributed by atoms with E-state index in [0.717, 1.165) is 64.9 Å². The maximum absolute atomic E-state index is 12.8. The third-order valence-corrected chi connectivity index (χ3v) is 8.11. The molecule has 1 amide bonds. The number of carbonyl (C=O) groups excluding carboxylic acids is 1. The summed E-state index contributed by atoms with van der Waals surface area (Å²) >= 11 is 3.36. The van der Waals surface area contributed by atoms with E-state index in [1.165, 1.54) is 10.4 Å². The maximum atomic E-state index is 12.8. The summed E-state index contributed by atoms with van der Waals surface area (Å²) in [5.74, 6) is 0.0823. The van der Waals surface area contributed by atoms with Gasteiger partial charge < -0.3 is 15.5 Å². The lowest BCUT2D eigenvalue weighted by Gasteiger charge is -2.42. The van der Waals surface area contributed by atoms with E-state index in [9.17, 15) is 4.79 Å². The van der Waals surface area contributed by atoms with Crippen molar-refractivity contribution in [2.75, 3.05) is 45.6 Å². The van der Waals surface area contributed by atoms with Crippen LogP contribution in [0, 0.1) is 0 Å². The monoisotopic (exact) mass is 446 g/mol. The Balaban J connectivity index is 0.00000144. The SMILES string of the molecule is CN(C)C1CN(CCC(=O)Nc2sc3c(c2-c2nc4cnccc4s2)CCNC3)C1.[HH].[HH]. The summed E-state index contributed by atoms with van der Waals surface area (Å²) in [5, 5.41) is 8.57. The first-order valence-corrected chi connectivity index (χ1v) is 12.0. The van der Waals surface area contributed by atoms with Crippen molar-refractivity contribution < 1.29 is 7.65 Å². The molecule has 2 aliphatic rings. The molecule has 0 atom stereocenters. The summed E-state index contributed by atoms with van der Waals surface area (Å²) in [6.45, 7) is 4.72. The number of hydrogen-bond donors (Lipinski definition) is 2. The zero-order valence-corrected chi connectivity index (χ0v) is 18.9. The Morgan fingerprint density at radius 2 is 2.27 bits per heavy atom. The minimum Gasteiger partial charge on any atom is -0.317 e. The average molecular weight is 447 g/mol. The molecule has 2 N–H and O–H groups in total. The van der Waals surface area contributed by atoms with Gasteiger partial charge in [0.05, 0.1) is 10.9 Å². The summed E-state index contributed by atoms with van der Waals surface area (Å²) in [4.78, 5) is 27.7. The Bertz CT molecular complexity index is 1050. The first-order valence-electron chi connectivity index (χ1n) is 10.3. The number of thiophene rings is 1. The maximum Gasteiger partial charge on any atom is 0.226 e. The van der Waals surface area contributed by atoms with E-state index in [2.05, 4.69) is 39.5 Å². The fraction of sp³-hybridized carbons (Fsp3) is 0.476. The number of carbonyl (C=O) groups is 1. The van der Waals surface area contributed by atoms with Gasteiger partial charge in [-0.1, -0.05) is 0 Å². The fourth-order valence-electron chi connectivity index (χ4n) is 4.04. The number of nitrogens with zero attached hydrogens (tertiary/aromatic N) is 4. The number of anilines is 1. The lowest BCUT2D eigenvalue weighted by atomic mass is 10.0. The molecule has 0 saturated carbocycles. The minimum absolute atomic E-state index is 0. The number of rotatable bonds is 6.